The number of pyridine rings is 1. The summed E-state index contributed by atoms with van der Waals surface area (Å²) in [6.45, 7) is 1.98. The van der Waals surface area contributed by atoms with E-state index in [4.69, 9.17) is 5.26 Å². The van der Waals surface area contributed by atoms with Gasteiger partial charge in [-0.15, -0.1) is 0 Å². The number of aromatic nitrogens is 1. The lowest BCUT2D eigenvalue weighted by molar-refractivity contribution is 0.0928. The number of nitrogens with one attached hydrogen (secondary N) is 2. The van der Waals surface area contributed by atoms with E-state index in [-0.39, 0.29) is 11.9 Å². The van der Waals surface area contributed by atoms with Gasteiger partial charge < -0.3 is 0 Å². The maximum absolute atomic E-state index is 11.6. The molecule has 0 aliphatic heterocycles. The summed E-state index contributed by atoms with van der Waals surface area (Å²) < 4.78 is 0. The van der Waals surface area contributed by atoms with Gasteiger partial charge in [-0.1, -0.05) is 13.3 Å². The molecule has 0 fully saturated rings. The van der Waals surface area contributed by atoms with E-state index in [1.807, 2.05) is 6.92 Å². The van der Waals surface area contributed by atoms with Crippen molar-refractivity contribution in [2.75, 3.05) is 0 Å². The zero-order valence-electron chi connectivity index (χ0n) is 9.10. The molecule has 0 radical (unpaired) electrons. The standard InChI is InChI=1S/C11H14N4O/c1-2-3-10(8-12)14-15-11(16)9-4-6-13-7-5-9/h4-7,10,14H,2-3H2,1H3,(H,15,16). The van der Waals surface area contributed by atoms with E-state index in [2.05, 4.69) is 21.9 Å². The molecule has 84 valence electrons. The number of carbonyl (C=O) groups excluding carboxylic acids is 1. The number of hydrazine groups is 1. The first-order valence-electron chi connectivity index (χ1n) is 5.13. The number of carbonyl (C=O) groups is 1. The van der Waals surface area contributed by atoms with E-state index in [0.717, 1.165) is 6.42 Å². The van der Waals surface area contributed by atoms with E-state index in [9.17, 15) is 4.79 Å². The molecule has 0 spiro atoms. The number of rotatable bonds is 5. The van der Waals surface area contributed by atoms with Gasteiger partial charge in [-0.2, -0.15) is 5.26 Å². The maximum atomic E-state index is 11.6. The predicted octanol–water partition coefficient (Wildman–Crippen LogP) is 1.01. The lowest BCUT2D eigenvalue weighted by atomic mass is 10.2. The normalized spacial score (nSPS) is 11.5. The molecule has 1 heterocycles. The fourth-order valence-corrected chi connectivity index (χ4v) is 1.19. The summed E-state index contributed by atoms with van der Waals surface area (Å²) in [6.07, 6.45) is 4.68. The minimum atomic E-state index is -0.351. The molecule has 16 heavy (non-hydrogen) atoms. The van der Waals surface area contributed by atoms with Crippen LogP contribution in [0.5, 0.6) is 0 Å². The van der Waals surface area contributed by atoms with Crippen molar-refractivity contribution in [1.82, 2.24) is 15.8 Å². The lowest BCUT2D eigenvalue weighted by Gasteiger charge is -2.11. The fourth-order valence-electron chi connectivity index (χ4n) is 1.19. The second-order valence-electron chi connectivity index (χ2n) is 3.30. The van der Waals surface area contributed by atoms with Crippen LogP contribution >= 0.6 is 0 Å². The van der Waals surface area contributed by atoms with Crippen molar-refractivity contribution in [1.29, 1.82) is 5.26 Å². The monoisotopic (exact) mass is 218 g/mol. The molecule has 0 saturated heterocycles. The van der Waals surface area contributed by atoms with Gasteiger partial charge >= 0.3 is 0 Å². The van der Waals surface area contributed by atoms with Gasteiger partial charge in [0.2, 0.25) is 0 Å². The molecular formula is C11H14N4O. The van der Waals surface area contributed by atoms with Crippen molar-refractivity contribution in [2.24, 2.45) is 0 Å². The molecule has 1 aromatic rings. The molecule has 0 aliphatic carbocycles. The molecular weight excluding hydrogens is 204 g/mol. The first-order valence-corrected chi connectivity index (χ1v) is 5.13. The van der Waals surface area contributed by atoms with Gasteiger partial charge in [-0.25, -0.2) is 5.43 Å². The highest BCUT2D eigenvalue weighted by atomic mass is 16.2. The van der Waals surface area contributed by atoms with Gasteiger partial charge in [0.15, 0.2) is 0 Å². The van der Waals surface area contributed by atoms with Gasteiger partial charge in [0, 0.05) is 18.0 Å². The van der Waals surface area contributed by atoms with Crippen molar-refractivity contribution < 1.29 is 4.79 Å². The van der Waals surface area contributed by atoms with Crippen molar-refractivity contribution in [3.63, 3.8) is 0 Å². The molecule has 1 unspecified atom stereocenters. The molecule has 0 bridgehead atoms. The largest absolute Gasteiger partial charge is 0.286 e. The Morgan fingerprint density at radius 1 is 1.56 bits per heavy atom. The third-order valence-corrected chi connectivity index (χ3v) is 2.04. The summed E-state index contributed by atoms with van der Waals surface area (Å²) in [4.78, 5) is 15.4. The second-order valence-corrected chi connectivity index (χ2v) is 3.30. The van der Waals surface area contributed by atoms with Crippen LogP contribution in [0, 0.1) is 11.3 Å². The predicted molar refractivity (Wildman–Crippen MR) is 59.1 cm³/mol. The Bertz CT molecular complexity index is 371. The molecule has 1 aromatic heterocycles. The number of nitrogens with zero attached hydrogens (tertiary/aromatic N) is 2. The van der Waals surface area contributed by atoms with Crippen LogP contribution in [0.25, 0.3) is 0 Å². The Labute approximate surface area is 94.5 Å². The van der Waals surface area contributed by atoms with Crippen LogP contribution in [0.1, 0.15) is 30.1 Å². The Morgan fingerprint density at radius 2 is 2.25 bits per heavy atom. The Kier molecular flexibility index (Phi) is 4.96. The molecule has 2 N–H and O–H groups in total. The smallest absolute Gasteiger partial charge is 0.265 e. The van der Waals surface area contributed by atoms with Crippen LogP contribution in [0.15, 0.2) is 24.5 Å². The zero-order valence-corrected chi connectivity index (χ0v) is 9.10. The Balaban J connectivity index is 2.44. The van der Waals surface area contributed by atoms with Crippen molar-refractivity contribution in [2.45, 2.75) is 25.8 Å². The topological polar surface area (TPSA) is 77.8 Å². The minimum Gasteiger partial charge on any atom is -0.286 e. The fraction of sp³-hybridized carbons (Fsp3) is 0.364. The molecule has 0 aliphatic rings. The summed E-state index contributed by atoms with van der Waals surface area (Å²) in [5.41, 5.74) is 5.69. The summed E-state index contributed by atoms with van der Waals surface area (Å²) in [5, 5.41) is 8.77. The highest BCUT2D eigenvalue weighted by Gasteiger charge is 2.08. The van der Waals surface area contributed by atoms with E-state index in [1.54, 1.807) is 24.5 Å². The summed E-state index contributed by atoms with van der Waals surface area (Å²) in [6, 6.07) is 4.94. The SMILES string of the molecule is CCCC(C#N)NNC(=O)c1ccncc1. The number of hydrogen-bond donors (Lipinski definition) is 2. The van der Waals surface area contributed by atoms with Crippen LogP contribution in [0.3, 0.4) is 0 Å². The molecule has 5 heteroatoms. The minimum absolute atomic E-state index is 0.265. The maximum Gasteiger partial charge on any atom is 0.265 e. The third-order valence-electron chi connectivity index (χ3n) is 2.04. The molecule has 1 amide bonds. The van der Waals surface area contributed by atoms with Gasteiger partial charge in [0.25, 0.3) is 5.91 Å². The van der Waals surface area contributed by atoms with Gasteiger partial charge in [-0.05, 0) is 18.6 Å². The van der Waals surface area contributed by atoms with Crippen molar-refractivity contribution in [3.8, 4) is 6.07 Å². The van der Waals surface area contributed by atoms with Gasteiger partial charge in [-0.3, -0.25) is 15.2 Å². The zero-order chi connectivity index (χ0) is 11.8. The van der Waals surface area contributed by atoms with Crippen LogP contribution in [0.4, 0.5) is 0 Å². The number of nitriles is 1. The van der Waals surface area contributed by atoms with E-state index < -0.39 is 0 Å². The molecule has 0 saturated carbocycles. The first-order chi connectivity index (χ1) is 7.77. The van der Waals surface area contributed by atoms with Crippen molar-refractivity contribution >= 4 is 5.91 Å². The second kappa shape index (κ2) is 6.53. The Morgan fingerprint density at radius 3 is 2.81 bits per heavy atom. The van der Waals surface area contributed by atoms with Gasteiger partial charge in [0.05, 0.1) is 6.07 Å². The highest BCUT2D eigenvalue weighted by Crippen LogP contribution is 1.96. The average Bonchev–Trinajstić information content (AvgIpc) is 2.35. The number of hydrogen-bond acceptors (Lipinski definition) is 4. The quantitative estimate of drug-likeness (QED) is 0.723. The molecule has 1 atom stereocenters. The number of amides is 1. The van der Waals surface area contributed by atoms with E-state index in [0.29, 0.717) is 12.0 Å². The molecule has 5 nitrogen and oxygen atoms in total. The van der Waals surface area contributed by atoms with Crippen LogP contribution in [-0.4, -0.2) is 16.9 Å². The van der Waals surface area contributed by atoms with Gasteiger partial charge in [0.1, 0.15) is 6.04 Å². The average molecular weight is 218 g/mol. The van der Waals surface area contributed by atoms with E-state index >= 15 is 0 Å². The third kappa shape index (κ3) is 3.67. The van der Waals surface area contributed by atoms with E-state index in [1.165, 1.54) is 0 Å². The van der Waals surface area contributed by atoms with Crippen LogP contribution < -0.4 is 10.9 Å². The molecule has 1 rings (SSSR count). The lowest BCUT2D eigenvalue weighted by Crippen LogP contribution is -2.43. The first kappa shape index (κ1) is 12.1. The molecule has 0 aromatic carbocycles. The summed E-state index contributed by atoms with van der Waals surface area (Å²) in [7, 11) is 0. The summed E-state index contributed by atoms with van der Waals surface area (Å²) in [5.74, 6) is -0.265. The summed E-state index contributed by atoms with van der Waals surface area (Å²) >= 11 is 0. The highest BCUT2D eigenvalue weighted by molar-refractivity contribution is 5.93. The Hall–Kier alpha value is -1.93. The van der Waals surface area contributed by atoms with Crippen LogP contribution in [-0.2, 0) is 0 Å². The van der Waals surface area contributed by atoms with Crippen LogP contribution in [0.2, 0.25) is 0 Å². The van der Waals surface area contributed by atoms with Crippen molar-refractivity contribution in [3.05, 3.63) is 30.1 Å².